The van der Waals surface area contributed by atoms with Crippen LogP contribution < -0.4 is 9.47 Å². The largest absolute Gasteiger partial charge is 0.497 e. The van der Waals surface area contributed by atoms with Gasteiger partial charge in [-0.2, -0.15) is 0 Å². The molecule has 2 atom stereocenters. The molecule has 4 nitrogen and oxygen atoms in total. The van der Waals surface area contributed by atoms with Gasteiger partial charge in [-0.05, 0) is 89.0 Å². The van der Waals surface area contributed by atoms with E-state index in [2.05, 4.69) is 19.9 Å². The predicted octanol–water partition coefficient (Wildman–Crippen LogP) is 8.87. The van der Waals surface area contributed by atoms with Gasteiger partial charge in [0.15, 0.2) is 11.6 Å². The van der Waals surface area contributed by atoms with Gasteiger partial charge in [0.25, 0.3) is 0 Å². The average Bonchev–Trinajstić information content (AvgIpc) is 3.67. The zero-order valence-electron chi connectivity index (χ0n) is 23.5. The highest BCUT2D eigenvalue weighted by atomic mass is 19.1. The number of methoxy groups -OCH3 is 1. The number of ether oxygens (including phenoxy) is 2. The zero-order valence-corrected chi connectivity index (χ0v) is 23.5. The molecule has 2 aliphatic rings. The number of carboxylic acids is 1. The first-order valence-corrected chi connectivity index (χ1v) is 14.3. The van der Waals surface area contributed by atoms with Crippen LogP contribution in [0.15, 0.2) is 54.6 Å². The van der Waals surface area contributed by atoms with Gasteiger partial charge < -0.3 is 14.6 Å². The van der Waals surface area contributed by atoms with Crippen molar-refractivity contribution in [3.8, 4) is 22.6 Å². The molecule has 0 bridgehead atoms. The van der Waals surface area contributed by atoms with Crippen molar-refractivity contribution in [1.29, 1.82) is 0 Å². The fraction of sp³-hybridized carbons (Fsp3) is 0.441. The number of carboxylic acid groups (broad SMARTS) is 1. The number of aliphatic carboxylic acids is 1. The number of rotatable bonds is 11. The summed E-state index contributed by atoms with van der Waals surface area (Å²) in [6.07, 6.45) is 5.94. The van der Waals surface area contributed by atoms with E-state index in [1.54, 1.807) is 37.4 Å². The Morgan fingerprint density at radius 2 is 1.85 bits per heavy atom. The molecule has 0 aromatic heterocycles. The smallest absolute Gasteiger partial charge is 0.303 e. The standard InChI is InChI=1S/C34H38F2O4/c1-34(2)15-5-7-29(34)27-17-22(11-13-26(27)28-19-24(39-3)12-14-30(28)35)20-40-31-8-4-6-25(33(31)36)23(18-32(37)38)16-21-9-10-21/h4,6,8,11-14,17,19,21,23,29H,5,7,9-10,15-16,18,20H2,1-3H3,(H,37,38)/t23?,29-/m0/s1. The molecule has 0 radical (unpaired) electrons. The minimum atomic E-state index is -0.925. The van der Waals surface area contributed by atoms with E-state index in [0.717, 1.165) is 48.8 Å². The van der Waals surface area contributed by atoms with Gasteiger partial charge in [0.1, 0.15) is 18.2 Å². The van der Waals surface area contributed by atoms with Crippen LogP contribution in [0.2, 0.25) is 0 Å². The van der Waals surface area contributed by atoms with Crippen molar-refractivity contribution in [3.05, 3.63) is 82.9 Å². The highest BCUT2D eigenvalue weighted by Gasteiger charge is 2.37. The Bertz CT molecular complexity index is 1380. The minimum Gasteiger partial charge on any atom is -0.497 e. The molecule has 40 heavy (non-hydrogen) atoms. The maximum Gasteiger partial charge on any atom is 0.303 e. The molecule has 1 N–H and O–H groups in total. The van der Waals surface area contributed by atoms with Crippen molar-refractivity contribution in [2.24, 2.45) is 11.3 Å². The van der Waals surface area contributed by atoms with Gasteiger partial charge in [0.05, 0.1) is 13.5 Å². The summed E-state index contributed by atoms with van der Waals surface area (Å²) in [5.74, 6) is -0.655. The van der Waals surface area contributed by atoms with Crippen LogP contribution in [0.5, 0.6) is 11.5 Å². The van der Waals surface area contributed by atoms with Crippen LogP contribution in [0, 0.1) is 23.0 Å². The Morgan fingerprint density at radius 3 is 2.52 bits per heavy atom. The Balaban J connectivity index is 1.44. The molecule has 0 amide bonds. The van der Waals surface area contributed by atoms with Gasteiger partial charge >= 0.3 is 5.97 Å². The van der Waals surface area contributed by atoms with E-state index in [4.69, 9.17) is 9.47 Å². The molecule has 3 aromatic rings. The molecular weight excluding hydrogens is 510 g/mol. The molecule has 3 aromatic carbocycles. The van der Waals surface area contributed by atoms with Crippen LogP contribution >= 0.6 is 0 Å². The van der Waals surface area contributed by atoms with E-state index >= 15 is 8.78 Å². The fourth-order valence-corrected chi connectivity index (χ4v) is 6.38. The second-order valence-corrected chi connectivity index (χ2v) is 12.1. The molecule has 2 fully saturated rings. The first-order valence-electron chi connectivity index (χ1n) is 14.3. The summed E-state index contributed by atoms with van der Waals surface area (Å²) in [5.41, 5.74) is 3.74. The lowest BCUT2D eigenvalue weighted by molar-refractivity contribution is -0.137. The third-order valence-electron chi connectivity index (χ3n) is 8.78. The fourth-order valence-electron chi connectivity index (χ4n) is 6.38. The number of carbonyl (C=O) groups is 1. The van der Waals surface area contributed by atoms with E-state index in [9.17, 15) is 9.90 Å². The second-order valence-electron chi connectivity index (χ2n) is 12.1. The second kappa shape index (κ2) is 11.6. The van der Waals surface area contributed by atoms with Crippen molar-refractivity contribution in [2.75, 3.05) is 7.11 Å². The molecule has 0 aliphatic heterocycles. The van der Waals surface area contributed by atoms with Gasteiger partial charge in [0.2, 0.25) is 0 Å². The Labute approximate surface area is 235 Å². The molecule has 1 unspecified atom stereocenters. The molecular formula is C34H38F2O4. The van der Waals surface area contributed by atoms with Gasteiger partial charge in [-0.15, -0.1) is 0 Å². The average molecular weight is 549 g/mol. The summed E-state index contributed by atoms with van der Waals surface area (Å²) in [7, 11) is 1.57. The molecule has 0 heterocycles. The first-order chi connectivity index (χ1) is 19.2. The van der Waals surface area contributed by atoms with E-state index in [0.29, 0.717) is 29.2 Å². The molecule has 0 saturated heterocycles. The van der Waals surface area contributed by atoms with Gasteiger partial charge in [-0.25, -0.2) is 8.78 Å². The SMILES string of the molecule is COc1ccc(F)c(-c2ccc(COc3cccc(C(CC(=O)O)CC4CC4)c3F)cc2[C@@H]2CCCC2(C)C)c1. The Morgan fingerprint density at radius 1 is 1.05 bits per heavy atom. The highest BCUT2D eigenvalue weighted by molar-refractivity contribution is 5.71. The van der Waals surface area contributed by atoms with Crippen LogP contribution in [0.3, 0.4) is 0 Å². The summed E-state index contributed by atoms with van der Waals surface area (Å²) >= 11 is 0. The van der Waals surface area contributed by atoms with Crippen LogP contribution in [-0.4, -0.2) is 18.2 Å². The van der Waals surface area contributed by atoms with Crippen LogP contribution in [0.1, 0.15) is 87.3 Å². The normalized spacial score (nSPS) is 18.9. The molecule has 2 aliphatic carbocycles. The van der Waals surface area contributed by atoms with Crippen molar-refractivity contribution >= 4 is 5.97 Å². The number of benzene rings is 3. The zero-order chi connectivity index (χ0) is 28.4. The molecule has 212 valence electrons. The summed E-state index contributed by atoms with van der Waals surface area (Å²) in [5, 5.41) is 9.41. The Hall–Kier alpha value is -3.41. The van der Waals surface area contributed by atoms with E-state index in [1.165, 1.54) is 6.07 Å². The lowest BCUT2D eigenvalue weighted by Gasteiger charge is -2.30. The van der Waals surface area contributed by atoms with Gasteiger partial charge in [-0.1, -0.05) is 63.4 Å². The number of halogens is 2. The topological polar surface area (TPSA) is 55.8 Å². The van der Waals surface area contributed by atoms with Crippen LogP contribution in [0.4, 0.5) is 8.78 Å². The summed E-state index contributed by atoms with van der Waals surface area (Å²) < 4.78 is 42.1. The van der Waals surface area contributed by atoms with E-state index in [1.807, 2.05) is 12.1 Å². The molecule has 0 spiro atoms. The monoisotopic (exact) mass is 548 g/mol. The molecule has 5 rings (SSSR count). The number of hydrogen-bond donors (Lipinski definition) is 1. The lowest BCUT2D eigenvalue weighted by atomic mass is 9.75. The Kier molecular flexibility index (Phi) is 8.16. The van der Waals surface area contributed by atoms with Crippen LogP contribution in [0.25, 0.3) is 11.1 Å². The summed E-state index contributed by atoms with van der Waals surface area (Å²) in [6.45, 7) is 4.67. The lowest BCUT2D eigenvalue weighted by Crippen LogP contribution is -2.17. The van der Waals surface area contributed by atoms with Crippen molar-refractivity contribution < 1.29 is 28.2 Å². The maximum atomic E-state index is 15.6. The maximum absolute atomic E-state index is 15.6. The minimum absolute atomic E-state index is 0.0602. The third kappa shape index (κ3) is 6.16. The summed E-state index contributed by atoms with van der Waals surface area (Å²) in [4.78, 5) is 11.5. The summed E-state index contributed by atoms with van der Waals surface area (Å²) in [6, 6.07) is 15.7. The van der Waals surface area contributed by atoms with Crippen molar-refractivity contribution in [1.82, 2.24) is 0 Å². The van der Waals surface area contributed by atoms with Crippen molar-refractivity contribution in [2.45, 2.75) is 77.2 Å². The van der Waals surface area contributed by atoms with E-state index in [-0.39, 0.29) is 41.8 Å². The van der Waals surface area contributed by atoms with Gasteiger partial charge in [-0.3, -0.25) is 4.79 Å². The quantitative estimate of drug-likeness (QED) is 0.260. The third-order valence-corrected chi connectivity index (χ3v) is 8.78. The number of hydrogen-bond acceptors (Lipinski definition) is 3. The molecule has 6 heteroatoms. The molecule has 2 saturated carbocycles. The van der Waals surface area contributed by atoms with Crippen molar-refractivity contribution in [3.63, 3.8) is 0 Å². The van der Waals surface area contributed by atoms with E-state index < -0.39 is 11.8 Å². The predicted molar refractivity (Wildman–Crippen MR) is 152 cm³/mol. The highest BCUT2D eigenvalue weighted by Crippen LogP contribution is 2.51. The van der Waals surface area contributed by atoms with Crippen LogP contribution in [-0.2, 0) is 11.4 Å². The first kappa shape index (κ1) is 28.1. The van der Waals surface area contributed by atoms with Gasteiger partial charge in [0, 0.05) is 5.56 Å².